The maximum atomic E-state index is 11.6. The molecule has 5 heteroatoms. The lowest BCUT2D eigenvalue weighted by Crippen LogP contribution is -2.39. The van der Waals surface area contributed by atoms with Crippen LogP contribution >= 0.6 is 0 Å². The standard InChI is InChI=1S/C19H23N3O2/c1-14(24)22-9-3-5-15(12-22)11-18-19(21-8-7-20-18)17-6-2-4-16(10-17)13-23/h2,4,6-8,10,15,23H,3,5,9,11-13H2,1H3/t15-/m1/s1. The maximum Gasteiger partial charge on any atom is 0.219 e. The van der Waals surface area contributed by atoms with Crippen molar-refractivity contribution in [1.82, 2.24) is 14.9 Å². The Bertz CT molecular complexity index is 717. The molecule has 1 N–H and O–H groups in total. The number of likely N-dealkylation sites (tertiary alicyclic amines) is 1. The number of piperidine rings is 1. The second-order valence-electron chi connectivity index (χ2n) is 6.39. The van der Waals surface area contributed by atoms with Crippen molar-refractivity contribution in [2.24, 2.45) is 5.92 Å². The van der Waals surface area contributed by atoms with E-state index in [1.54, 1.807) is 19.3 Å². The molecule has 1 fully saturated rings. The number of aliphatic hydroxyl groups excluding tert-OH is 1. The summed E-state index contributed by atoms with van der Waals surface area (Å²) in [6.07, 6.45) is 6.39. The summed E-state index contributed by atoms with van der Waals surface area (Å²) in [5, 5.41) is 9.35. The first-order valence-corrected chi connectivity index (χ1v) is 8.43. The van der Waals surface area contributed by atoms with Crippen molar-refractivity contribution in [2.45, 2.75) is 32.8 Å². The fourth-order valence-corrected chi connectivity index (χ4v) is 3.37. The molecular formula is C19H23N3O2. The lowest BCUT2D eigenvalue weighted by atomic mass is 9.91. The van der Waals surface area contributed by atoms with Crippen molar-refractivity contribution in [1.29, 1.82) is 0 Å². The van der Waals surface area contributed by atoms with Crippen LogP contribution in [0.15, 0.2) is 36.7 Å². The number of hydrogen-bond acceptors (Lipinski definition) is 4. The Morgan fingerprint density at radius 1 is 1.33 bits per heavy atom. The van der Waals surface area contributed by atoms with E-state index in [4.69, 9.17) is 0 Å². The van der Waals surface area contributed by atoms with E-state index in [0.717, 1.165) is 54.9 Å². The maximum absolute atomic E-state index is 11.6. The summed E-state index contributed by atoms with van der Waals surface area (Å²) in [6.45, 7) is 3.30. The van der Waals surface area contributed by atoms with Crippen molar-refractivity contribution in [3.05, 3.63) is 47.9 Å². The first-order valence-electron chi connectivity index (χ1n) is 8.43. The molecule has 0 aliphatic carbocycles. The van der Waals surface area contributed by atoms with Crippen LogP contribution < -0.4 is 0 Å². The summed E-state index contributed by atoms with van der Waals surface area (Å²) in [5.74, 6) is 0.564. The monoisotopic (exact) mass is 325 g/mol. The lowest BCUT2D eigenvalue weighted by molar-refractivity contribution is -0.130. The van der Waals surface area contributed by atoms with Gasteiger partial charge in [0.2, 0.25) is 5.91 Å². The first kappa shape index (κ1) is 16.6. The number of amides is 1. The van der Waals surface area contributed by atoms with E-state index in [2.05, 4.69) is 9.97 Å². The van der Waals surface area contributed by atoms with Gasteiger partial charge in [0, 0.05) is 38.0 Å². The highest BCUT2D eigenvalue weighted by atomic mass is 16.3. The largest absolute Gasteiger partial charge is 0.392 e. The van der Waals surface area contributed by atoms with Gasteiger partial charge in [-0.2, -0.15) is 0 Å². The molecule has 5 nitrogen and oxygen atoms in total. The summed E-state index contributed by atoms with van der Waals surface area (Å²) in [5.41, 5.74) is 3.67. The SMILES string of the molecule is CC(=O)N1CCC[C@H](Cc2nccnc2-c2cccc(CO)c2)C1. The third kappa shape index (κ3) is 3.79. The molecule has 1 atom stereocenters. The van der Waals surface area contributed by atoms with Crippen LogP contribution in [0.4, 0.5) is 0 Å². The van der Waals surface area contributed by atoms with Crippen LogP contribution in [0.1, 0.15) is 31.0 Å². The molecular weight excluding hydrogens is 302 g/mol. The Morgan fingerprint density at radius 2 is 2.17 bits per heavy atom. The van der Waals surface area contributed by atoms with Crippen molar-refractivity contribution in [3.63, 3.8) is 0 Å². The highest BCUT2D eigenvalue weighted by molar-refractivity contribution is 5.73. The van der Waals surface area contributed by atoms with E-state index in [9.17, 15) is 9.90 Å². The second kappa shape index (κ2) is 7.53. The van der Waals surface area contributed by atoms with Crippen LogP contribution in [0.25, 0.3) is 11.3 Å². The summed E-state index contributed by atoms with van der Waals surface area (Å²) < 4.78 is 0. The zero-order valence-corrected chi connectivity index (χ0v) is 14.0. The molecule has 126 valence electrons. The fourth-order valence-electron chi connectivity index (χ4n) is 3.37. The smallest absolute Gasteiger partial charge is 0.219 e. The summed E-state index contributed by atoms with van der Waals surface area (Å²) in [7, 11) is 0. The van der Waals surface area contributed by atoms with Crippen LogP contribution in [0.2, 0.25) is 0 Å². The van der Waals surface area contributed by atoms with E-state index in [0.29, 0.717) is 5.92 Å². The van der Waals surface area contributed by atoms with Gasteiger partial charge in [-0.3, -0.25) is 14.8 Å². The number of benzene rings is 1. The second-order valence-corrected chi connectivity index (χ2v) is 6.39. The minimum absolute atomic E-state index is 0.0135. The Kier molecular flexibility index (Phi) is 5.20. The van der Waals surface area contributed by atoms with Crippen molar-refractivity contribution in [3.8, 4) is 11.3 Å². The molecule has 1 aromatic heterocycles. The molecule has 0 spiro atoms. The quantitative estimate of drug-likeness (QED) is 0.937. The van der Waals surface area contributed by atoms with Gasteiger partial charge in [-0.25, -0.2) is 0 Å². The van der Waals surface area contributed by atoms with Crippen LogP contribution in [0, 0.1) is 5.92 Å². The van der Waals surface area contributed by atoms with E-state index in [1.165, 1.54) is 0 Å². The van der Waals surface area contributed by atoms with Gasteiger partial charge in [0.15, 0.2) is 0 Å². The van der Waals surface area contributed by atoms with Gasteiger partial charge in [0.1, 0.15) is 0 Å². The average molecular weight is 325 g/mol. The van der Waals surface area contributed by atoms with Crippen LogP contribution in [0.3, 0.4) is 0 Å². The van der Waals surface area contributed by atoms with Gasteiger partial charge < -0.3 is 10.0 Å². The number of aromatic nitrogens is 2. The Hall–Kier alpha value is -2.27. The fraction of sp³-hybridized carbons (Fsp3) is 0.421. The van der Waals surface area contributed by atoms with E-state index in [-0.39, 0.29) is 12.5 Å². The molecule has 3 rings (SSSR count). The van der Waals surface area contributed by atoms with Gasteiger partial charge in [-0.15, -0.1) is 0 Å². The molecule has 2 heterocycles. The summed E-state index contributed by atoms with van der Waals surface area (Å²) in [4.78, 5) is 22.6. The molecule has 1 aliphatic rings. The molecule has 2 aromatic rings. The molecule has 1 aliphatic heterocycles. The number of hydrogen-bond donors (Lipinski definition) is 1. The molecule has 24 heavy (non-hydrogen) atoms. The van der Waals surface area contributed by atoms with Gasteiger partial charge in [-0.1, -0.05) is 18.2 Å². The summed E-state index contributed by atoms with van der Waals surface area (Å²) >= 11 is 0. The number of carbonyl (C=O) groups is 1. The Morgan fingerprint density at radius 3 is 2.96 bits per heavy atom. The first-order chi connectivity index (χ1) is 11.7. The Labute approximate surface area is 142 Å². The predicted octanol–water partition coefficient (Wildman–Crippen LogP) is 2.44. The van der Waals surface area contributed by atoms with Gasteiger partial charge in [0.05, 0.1) is 18.0 Å². The van der Waals surface area contributed by atoms with E-state index < -0.39 is 0 Å². The third-order valence-corrected chi connectivity index (χ3v) is 4.60. The molecule has 0 radical (unpaired) electrons. The topological polar surface area (TPSA) is 66.3 Å². The van der Waals surface area contributed by atoms with Crippen molar-refractivity contribution in [2.75, 3.05) is 13.1 Å². The highest BCUT2D eigenvalue weighted by Crippen LogP contribution is 2.26. The van der Waals surface area contributed by atoms with E-state index in [1.807, 2.05) is 29.2 Å². The van der Waals surface area contributed by atoms with Crippen LogP contribution in [-0.2, 0) is 17.8 Å². The van der Waals surface area contributed by atoms with Crippen molar-refractivity contribution >= 4 is 5.91 Å². The zero-order chi connectivity index (χ0) is 16.9. The molecule has 1 aromatic carbocycles. The van der Waals surface area contributed by atoms with Crippen molar-refractivity contribution < 1.29 is 9.90 Å². The minimum Gasteiger partial charge on any atom is -0.392 e. The number of aliphatic hydroxyl groups is 1. The van der Waals surface area contributed by atoms with Gasteiger partial charge >= 0.3 is 0 Å². The van der Waals surface area contributed by atoms with Gasteiger partial charge in [0.25, 0.3) is 0 Å². The predicted molar refractivity (Wildman–Crippen MR) is 92.1 cm³/mol. The van der Waals surface area contributed by atoms with Gasteiger partial charge in [-0.05, 0) is 36.8 Å². The molecule has 0 unspecified atom stereocenters. The number of rotatable bonds is 4. The molecule has 1 amide bonds. The normalized spacial score (nSPS) is 17.8. The molecule has 0 bridgehead atoms. The minimum atomic E-state index is 0.0135. The Balaban J connectivity index is 1.83. The zero-order valence-electron chi connectivity index (χ0n) is 14.0. The number of carbonyl (C=O) groups excluding carboxylic acids is 1. The molecule has 0 saturated carbocycles. The number of nitrogens with zero attached hydrogens (tertiary/aromatic N) is 3. The highest BCUT2D eigenvalue weighted by Gasteiger charge is 2.23. The molecule has 1 saturated heterocycles. The summed E-state index contributed by atoms with van der Waals surface area (Å²) in [6, 6.07) is 7.77. The van der Waals surface area contributed by atoms with Crippen LogP contribution in [-0.4, -0.2) is 39.0 Å². The average Bonchev–Trinajstić information content (AvgIpc) is 2.62. The van der Waals surface area contributed by atoms with Crippen LogP contribution in [0.5, 0.6) is 0 Å². The lowest BCUT2D eigenvalue weighted by Gasteiger charge is -2.32. The van der Waals surface area contributed by atoms with E-state index >= 15 is 0 Å². The third-order valence-electron chi connectivity index (χ3n) is 4.60.